The van der Waals surface area contributed by atoms with Gasteiger partial charge in [-0.25, -0.2) is 4.79 Å². The van der Waals surface area contributed by atoms with Crippen LogP contribution in [0, 0.1) is 0 Å². The number of esters is 1. The Hall–Kier alpha value is -0.870. The van der Waals surface area contributed by atoms with Crippen LogP contribution in [0.4, 0.5) is 0 Å². The van der Waals surface area contributed by atoms with E-state index < -0.39 is 5.54 Å². The number of nitrogens with zero attached hydrogens (tertiary/aromatic N) is 1. The maximum atomic E-state index is 11.9. The highest BCUT2D eigenvalue weighted by Crippen LogP contribution is 2.42. The Bertz CT molecular complexity index is 302. The summed E-state index contributed by atoms with van der Waals surface area (Å²) in [6, 6.07) is 0. The van der Waals surface area contributed by atoms with Crippen molar-refractivity contribution in [2.75, 3.05) is 27.3 Å². The van der Waals surface area contributed by atoms with Gasteiger partial charge in [-0.15, -0.1) is 0 Å². The lowest BCUT2D eigenvalue weighted by Gasteiger charge is -2.32. The Balaban J connectivity index is 2.35. The van der Waals surface area contributed by atoms with Crippen LogP contribution in [0.25, 0.3) is 0 Å². The van der Waals surface area contributed by atoms with Crippen molar-refractivity contribution < 1.29 is 14.3 Å². The Morgan fingerprint density at radius 1 is 1.60 bits per heavy atom. The van der Waals surface area contributed by atoms with Crippen LogP contribution in [0.5, 0.6) is 0 Å². The van der Waals surface area contributed by atoms with Gasteiger partial charge in [-0.05, 0) is 6.42 Å². The molecule has 1 unspecified atom stereocenters. The first kappa shape index (κ1) is 10.6. The molecule has 0 bridgehead atoms. The van der Waals surface area contributed by atoms with Gasteiger partial charge in [0.1, 0.15) is 5.54 Å². The molecule has 2 aliphatic rings. The molecule has 2 atom stereocenters. The fourth-order valence-corrected chi connectivity index (χ4v) is 2.89. The molecule has 0 aliphatic carbocycles. The predicted octanol–water partition coefficient (Wildman–Crippen LogP) is 0.579. The minimum Gasteiger partial charge on any atom is -0.468 e. The highest BCUT2D eigenvalue weighted by Gasteiger charge is 2.59. The summed E-state index contributed by atoms with van der Waals surface area (Å²) in [5.74, 6) is -0.189. The summed E-state index contributed by atoms with van der Waals surface area (Å²) in [4.78, 5) is 14.1. The molecule has 2 fully saturated rings. The molecule has 0 aromatic carbocycles. The van der Waals surface area contributed by atoms with E-state index in [1.807, 2.05) is 0 Å². The fraction of sp³-hybridized carbons (Fsp3) is 0.727. The molecule has 0 N–H and O–H groups in total. The summed E-state index contributed by atoms with van der Waals surface area (Å²) in [5, 5.41) is 0. The van der Waals surface area contributed by atoms with Crippen LogP contribution in [0.1, 0.15) is 12.8 Å². The molecule has 0 radical (unpaired) electrons. The zero-order chi connectivity index (χ0) is 11.1. The van der Waals surface area contributed by atoms with E-state index in [2.05, 4.69) is 11.5 Å². The molecular formula is C11H17NO3. The summed E-state index contributed by atoms with van der Waals surface area (Å²) in [7, 11) is 3.08. The maximum absolute atomic E-state index is 11.9. The topological polar surface area (TPSA) is 38.8 Å². The molecule has 0 aromatic rings. The third-order valence-electron chi connectivity index (χ3n) is 3.52. The monoisotopic (exact) mass is 211 g/mol. The van der Waals surface area contributed by atoms with E-state index in [1.165, 1.54) is 7.11 Å². The molecule has 4 heteroatoms. The van der Waals surface area contributed by atoms with Gasteiger partial charge in [-0.1, -0.05) is 12.2 Å². The number of rotatable bonds is 2. The van der Waals surface area contributed by atoms with E-state index in [1.54, 1.807) is 7.11 Å². The largest absolute Gasteiger partial charge is 0.468 e. The molecule has 2 heterocycles. The average molecular weight is 211 g/mol. The van der Waals surface area contributed by atoms with E-state index in [9.17, 15) is 4.79 Å². The molecule has 2 aliphatic heterocycles. The summed E-state index contributed by atoms with van der Waals surface area (Å²) in [6.07, 6.45) is 1.49. The highest BCUT2D eigenvalue weighted by molar-refractivity contribution is 5.83. The Labute approximate surface area is 89.8 Å². The number of carbonyl (C=O) groups excluding carboxylic acids is 1. The number of hydrogen-bond acceptors (Lipinski definition) is 4. The quantitative estimate of drug-likeness (QED) is 0.494. The first-order valence-electron chi connectivity index (χ1n) is 5.18. The van der Waals surface area contributed by atoms with Crippen molar-refractivity contribution in [2.45, 2.75) is 24.5 Å². The minimum absolute atomic E-state index is 0.0656. The number of fused-ring (bicyclic) bond motifs is 1. The van der Waals surface area contributed by atoms with Gasteiger partial charge < -0.3 is 9.47 Å². The molecule has 0 amide bonds. The first-order valence-corrected chi connectivity index (χ1v) is 5.18. The van der Waals surface area contributed by atoms with Crippen molar-refractivity contribution in [3.05, 3.63) is 12.2 Å². The average Bonchev–Trinajstić information content (AvgIpc) is 2.71. The minimum atomic E-state index is -0.597. The van der Waals surface area contributed by atoms with Crippen LogP contribution in [-0.2, 0) is 14.3 Å². The van der Waals surface area contributed by atoms with Crippen LogP contribution in [0.2, 0.25) is 0 Å². The highest BCUT2D eigenvalue weighted by atomic mass is 16.5. The number of carbonyl (C=O) groups is 1. The lowest BCUT2D eigenvalue weighted by atomic mass is 9.90. The molecule has 0 aromatic heterocycles. The molecule has 0 spiro atoms. The van der Waals surface area contributed by atoms with Crippen LogP contribution in [0.3, 0.4) is 0 Å². The van der Waals surface area contributed by atoms with Gasteiger partial charge in [-0.2, -0.15) is 0 Å². The zero-order valence-corrected chi connectivity index (χ0v) is 9.28. The van der Waals surface area contributed by atoms with E-state index >= 15 is 0 Å². The number of ether oxygens (including phenoxy) is 2. The van der Waals surface area contributed by atoms with E-state index in [0.717, 1.165) is 25.1 Å². The van der Waals surface area contributed by atoms with Crippen LogP contribution in [-0.4, -0.2) is 49.8 Å². The number of methoxy groups -OCH3 is 2. The van der Waals surface area contributed by atoms with Gasteiger partial charge >= 0.3 is 5.97 Å². The van der Waals surface area contributed by atoms with E-state index in [0.29, 0.717) is 6.42 Å². The van der Waals surface area contributed by atoms with Crippen molar-refractivity contribution in [1.29, 1.82) is 0 Å². The second-order valence-electron chi connectivity index (χ2n) is 4.28. The Kier molecular flexibility index (Phi) is 2.56. The standard InChI is InChI=1S/C11H17NO3/c1-8-6-11(10(13)15-3)9(14-2)4-5-12(11)7-8/h9H,1,4-7H2,2-3H3/t9-,11?/m1/s1. The molecule has 2 rings (SSSR count). The van der Waals surface area contributed by atoms with Gasteiger partial charge in [0.2, 0.25) is 0 Å². The van der Waals surface area contributed by atoms with E-state index in [-0.39, 0.29) is 12.1 Å². The summed E-state index contributed by atoms with van der Waals surface area (Å²) < 4.78 is 10.3. The summed E-state index contributed by atoms with van der Waals surface area (Å²) in [6.45, 7) is 5.63. The zero-order valence-electron chi connectivity index (χ0n) is 9.28. The van der Waals surface area contributed by atoms with E-state index in [4.69, 9.17) is 9.47 Å². The lowest BCUT2D eigenvalue weighted by Crippen LogP contribution is -2.53. The van der Waals surface area contributed by atoms with Crippen LogP contribution in [0.15, 0.2) is 12.2 Å². The third kappa shape index (κ3) is 1.32. The molecule has 4 nitrogen and oxygen atoms in total. The molecule has 15 heavy (non-hydrogen) atoms. The van der Waals surface area contributed by atoms with Crippen molar-refractivity contribution in [2.24, 2.45) is 0 Å². The second kappa shape index (κ2) is 3.61. The normalized spacial score (nSPS) is 35.6. The third-order valence-corrected chi connectivity index (χ3v) is 3.52. The van der Waals surface area contributed by atoms with Gasteiger partial charge in [0.25, 0.3) is 0 Å². The molecule has 84 valence electrons. The van der Waals surface area contributed by atoms with Gasteiger partial charge in [-0.3, -0.25) is 4.90 Å². The number of hydrogen-bond donors (Lipinski definition) is 0. The molecule has 0 saturated carbocycles. The van der Waals surface area contributed by atoms with Crippen molar-refractivity contribution in [3.63, 3.8) is 0 Å². The Morgan fingerprint density at radius 3 is 2.93 bits per heavy atom. The first-order chi connectivity index (χ1) is 7.15. The smallest absolute Gasteiger partial charge is 0.329 e. The summed E-state index contributed by atoms with van der Waals surface area (Å²) >= 11 is 0. The second-order valence-corrected chi connectivity index (χ2v) is 4.28. The van der Waals surface area contributed by atoms with Crippen LogP contribution < -0.4 is 0 Å². The maximum Gasteiger partial charge on any atom is 0.329 e. The van der Waals surface area contributed by atoms with Gasteiger partial charge in [0, 0.05) is 26.6 Å². The van der Waals surface area contributed by atoms with Gasteiger partial charge in [0.15, 0.2) is 0 Å². The van der Waals surface area contributed by atoms with Crippen molar-refractivity contribution in [3.8, 4) is 0 Å². The molecule has 2 saturated heterocycles. The summed E-state index contributed by atoms with van der Waals surface area (Å²) in [5.41, 5.74) is 0.489. The molecular weight excluding hydrogens is 194 g/mol. The van der Waals surface area contributed by atoms with Crippen molar-refractivity contribution >= 4 is 5.97 Å². The van der Waals surface area contributed by atoms with Crippen molar-refractivity contribution in [1.82, 2.24) is 4.90 Å². The predicted molar refractivity (Wildman–Crippen MR) is 55.5 cm³/mol. The fourth-order valence-electron chi connectivity index (χ4n) is 2.89. The van der Waals surface area contributed by atoms with Gasteiger partial charge in [0.05, 0.1) is 13.2 Å². The van der Waals surface area contributed by atoms with Crippen LogP contribution >= 0.6 is 0 Å². The Morgan fingerprint density at radius 2 is 2.33 bits per heavy atom. The SMILES string of the molecule is C=C1CN2CC[C@@H](OC)C2(C(=O)OC)C1. The lowest BCUT2D eigenvalue weighted by molar-refractivity contribution is -0.157.